The van der Waals surface area contributed by atoms with Crippen LogP contribution in [0.5, 0.6) is 0 Å². The number of carbonyl (C=O) groups is 2. The molecule has 2 N–H and O–H groups in total. The summed E-state index contributed by atoms with van der Waals surface area (Å²) in [5.41, 5.74) is 3.10. The monoisotopic (exact) mass is 404 g/mol. The molecule has 5 heteroatoms. The predicted molar refractivity (Wildman–Crippen MR) is 116 cm³/mol. The number of hydrogen-bond acceptors (Lipinski definition) is 2. The molecule has 3 aromatic rings. The molecule has 0 aliphatic carbocycles. The smallest absolute Gasteiger partial charge is 0.268 e. The molecule has 0 aromatic heterocycles. The Morgan fingerprint density at radius 1 is 0.793 bits per heavy atom. The topological polar surface area (TPSA) is 58.2 Å². The lowest BCUT2D eigenvalue weighted by atomic mass is 10.0. The maximum atomic E-state index is 13.0. The van der Waals surface area contributed by atoms with E-state index < -0.39 is 0 Å². The molecule has 146 valence electrons. The number of halogens is 1. The molecule has 0 saturated carbocycles. The van der Waals surface area contributed by atoms with Crippen LogP contribution in [0, 0.1) is 0 Å². The van der Waals surface area contributed by atoms with Gasteiger partial charge in [-0.05, 0) is 47.9 Å². The first kappa shape index (κ1) is 20.4. The van der Waals surface area contributed by atoms with Gasteiger partial charge < -0.3 is 10.6 Å². The summed E-state index contributed by atoms with van der Waals surface area (Å²) in [4.78, 5) is 25.6. The Morgan fingerprint density at radius 2 is 1.38 bits per heavy atom. The second-order valence-electron chi connectivity index (χ2n) is 6.50. The fourth-order valence-electron chi connectivity index (χ4n) is 2.81. The van der Waals surface area contributed by atoms with Crippen molar-refractivity contribution in [1.82, 2.24) is 10.6 Å². The van der Waals surface area contributed by atoms with Gasteiger partial charge in [-0.2, -0.15) is 0 Å². The van der Waals surface area contributed by atoms with Crippen LogP contribution in [0.15, 0.2) is 90.6 Å². The van der Waals surface area contributed by atoms with Crippen molar-refractivity contribution in [2.45, 2.75) is 13.5 Å². The van der Waals surface area contributed by atoms with Crippen LogP contribution in [0.3, 0.4) is 0 Å². The molecule has 0 fully saturated rings. The van der Waals surface area contributed by atoms with Gasteiger partial charge in [0.15, 0.2) is 0 Å². The SMILES string of the molecule is C/C(=C(/NC(=O)c1ccccc1)C(=O)NCc1ccccc1)c1ccc(Cl)cc1. The summed E-state index contributed by atoms with van der Waals surface area (Å²) in [6, 6.07) is 25.5. The number of nitrogens with one attached hydrogen (secondary N) is 2. The number of amides is 2. The Labute approximate surface area is 175 Å². The van der Waals surface area contributed by atoms with Gasteiger partial charge in [0.2, 0.25) is 0 Å². The molecule has 3 aromatic carbocycles. The van der Waals surface area contributed by atoms with E-state index in [4.69, 9.17) is 11.6 Å². The molecule has 0 aliphatic heterocycles. The van der Waals surface area contributed by atoms with Crippen molar-refractivity contribution in [2.75, 3.05) is 0 Å². The number of rotatable bonds is 6. The zero-order valence-corrected chi connectivity index (χ0v) is 16.7. The second kappa shape index (κ2) is 9.71. The highest BCUT2D eigenvalue weighted by Gasteiger charge is 2.18. The van der Waals surface area contributed by atoms with Gasteiger partial charge in [-0.25, -0.2) is 0 Å². The highest BCUT2D eigenvalue weighted by molar-refractivity contribution is 6.30. The van der Waals surface area contributed by atoms with E-state index in [1.165, 1.54) is 0 Å². The van der Waals surface area contributed by atoms with Crippen LogP contribution in [0.2, 0.25) is 5.02 Å². The number of carbonyl (C=O) groups excluding carboxylic acids is 2. The molecule has 0 spiro atoms. The van der Waals surface area contributed by atoms with Gasteiger partial charge in [0, 0.05) is 17.1 Å². The minimum Gasteiger partial charge on any atom is -0.347 e. The summed E-state index contributed by atoms with van der Waals surface area (Å²) in [5.74, 6) is -0.700. The lowest BCUT2D eigenvalue weighted by Crippen LogP contribution is -2.35. The fourth-order valence-corrected chi connectivity index (χ4v) is 2.93. The molecule has 0 unspecified atom stereocenters. The Kier molecular flexibility index (Phi) is 6.82. The summed E-state index contributed by atoms with van der Waals surface area (Å²) in [5, 5.41) is 6.26. The minimum atomic E-state index is -0.356. The Morgan fingerprint density at radius 3 is 2.00 bits per heavy atom. The van der Waals surface area contributed by atoms with Crippen LogP contribution in [-0.2, 0) is 11.3 Å². The third kappa shape index (κ3) is 5.56. The number of benzene rings is 3. The third-order valence-electron chi connectivity index (χ3n) is 4.45. The molecule has 0 aliphatic rings. The first-order valence-corrected chi connectivity index (χ1v) is 9.58. The molecule has 0 saturated heterocycles. The van der Waals surface area contributed by atoms with Crippen molar-refractivity contribution < 1.29 is 9.59 Å². The summed E-state index contributed by atoms with van der Waals surface area (Å²) < 4.78 is 0. The maximum Gasteiger partial charge on any atom is 0.268 e. The Hall–Kier alpha value is -3.37. The van der Waals surface area contributed by atoms with Crippen LogP contribution >= 0.6 is 11.6 Å². The standard InChI is InChI=1S/C24H21ClN2O2/c1-17(19-12-14-21(25)15-13-19)22(27-23(28)20-10-6-3-7-11-20)24(29)26-16-18-8-4-2-5-9-18/h2-15H,16H2,1H3,(H,26,29)(H,27,28)/b22-17-. The first-order valence-electron chi connectivity index (χ1n) is 9.20. The largest absolute Gasteiger partial charge is 0.347 e. The third-order valence-corrected chi connectivity index (χ3v) is 4.70. The van der Waals surface area contributed by atoms with Gasteiger partial charge in [0.1, 0.15) is 5.70 Å². The van der Waals surface area contributed by atoms with E-state index in [9.17, 15) is 9.59 Å². The van der Waals surface area contributed by atoms with Gasteiger partial charge in [0.25, 0.3) is 11.8 Å². The van der Waals surface area contributed by atoms with Crippen LogP contribution in [0.4, 0.5) is 0 Å². The van der Waals surface area contributed by atoms with E-state index >= 15 is 0 Å². The fraction of sp³-hybridized carbons (Fsp3) is 0.0833. The van der Waals surface area contributed by atoms with Crippen molar-refractivity contribution in [3.05, 3.63) is 112 Å². The van der Waals surface area contributed by atoms with Crippen LogP contribution in [0.25, 0.3) is 5.57 Å². The van der Waals surface area contributed by atoms with Crippen molar-refractivity contribution in [3.63, 3.8) is 0 Å². The zero-order chi connectivity index (χ0) is 20.6. The van der Waals surface area contributed by atoms with Gasteiger partial charge in [-0.1, -0.05) is 72.3 Å². The van der Waals surface area contributed by atoms with E-state index in [2.05, 4.69) is 10.6 Å². The van der Waals surface area contributed by atoms with Gasteiger partial charge in [0.05, 0.1) is 0 Å². The van der Waals surface area contributed by atoms with Gasteiger partial charge in [-0.15, -0.1) is 0 Å². The van der Waals surface area contributed by atoms with E-state index in [1.807, 2.05) is 48.5 Å². The normalized spacial score (nSPS) is 11.4. The van der Waals surface area contributed by atoms with Gasteiger partial charge in [-0.3, -0.25) is 9.59 Å². The molecule has 0 atom stereocenters. The van der Waals surface area contributed by atoms with Crippen molar-refractivity contribution in [1.29, 1.82) is 0 Å². The quantitative estimate of drug-likeness (QED) is 0.579. The Bertz CT molecular complexity index is 1010. The van der Waals surface area contributed by atoms with Crippen molar-refractivity contribution >= 4 is 29.0 Å². The molecule has 0 bridgehead atoms. The van der Waals surface area contributed by atoms with Crippen LogP contribution in [-0.4, -0.2) is 11.8 Å². The van der Waals surface area contributed by atoms with Gasteiger partial charge >= 0.3 is 0 Å². The Balaban J connectivity index is 1.87. The number of hydrogen-bond donors (Lipinski definition) is 2. The summed E-state index contributed by atoms with van der Waals surface area (Å²) in [7, 11) is 0. The molecule has 2 amide bonds. The average Bonchev–Trinajstić information content (AvgIpc) is 2.77. The molecular weight excluding hydrogens is 384 g/mol. The van der Waals surface area contributed by atoms with E-state index in [0.717, 1.165) is 11.1 Å². The van der Waals surface area contributed by atoms with Crippen molar-refractivity contribution in [2.24, 2.45) is 0 Å². The molecule has 0 radical (unpaired) electrons. The summed E-state index contributed by atoms with van der Waals surface area (Å²) in [6.45, 7) is 2.16. The lowest BCUT2D eigenvalue weighted by Gasteiger charge is -2.15. The second-order valence-corrected chi connectivity index (χ2v) is 6.93. The van der Waals surface area contributed by atoms with Crippen molar-refractivity contribution in [3.8, 4) is 0 Å². The minimum absolute atomic E-state index is 0.206. The lowest BCUT2D eigenvalue weighted by molar-refractivity contribution is -0.117. The molecule has 0 heterocycles. The molecule has 29 heavy (non-hydrogen) atoms. The summed E-state index contributed by atoms with van der Waals surface area (Å²) in [6.07, 6.45) is 0. The highest BCUT2D eigenvalue weighted by atomic mass is 35.5. The molecule has 4 nitrogen and oxygen atoms in total. The molecule has 3 rings (SSSR count). The highest BCUT2D eigenvalue weighted by Crippen LogP contribution is 2.20. The average molecular weight is 405 g/mol. The van der Waals surface area contributed by atoms with Crippen LogP contribution < -0.4 is 10.6 Å². The maximum absolute atomic E-state index is 13.0. The van der Waals surface area contributed by atoms with E-state index in [-0.39, 0.29) is 17.5 Å². The van der Waals surface area contributed by atoms with Crippen LogP contribution in [0.1, 0.15) is 28.4 Å². The van der Waals surface area contributed by atoms with E-state index in [0.29, 0.717) is 22.7 Å². The zero-order valence-electron chi connectivity index (χ0n) is 16.0. The predicted octanol–water partition coefficient (Wildman–Crippen LogP) is 4.82. The van der Waals surface area contributed by atoms with E-state index in [1.54, 1.807) is 43.3 Å². The number of allylic oxidation sites excluding steroid dienone is 1. The summed E-state index contributed by atoms with van der Waals surface area (Å²) >= 11 is 5.98. The first-order chi connectivity index (χ1) is 14.0. The molecular formula is C24H21ClN2O2.